The smallest absolute Gasteiger partial charge is 0.272 e. The molecule has 6 heteroatoms. The molecule has 0 spiro atoms. The van der Waals surface area contributed by atoms with Crippen LogP contribution in [0.2, 0.25) is 0 Å². The fourth-order valence-corrected chi connectivity index (χ4v) is 3.21. The number of benzene rings is 1. The van der Waals surface area contributed by atoms with Crippen molar-refractivity contribution < 1.29 is 9.59 Å². The molecule has 3 rings (SSSR count). The standard InChI is InChI=1S/C20H24N4O2/c1-13-6-5-9-24(12-13)19(26)18-10-14(2)21-20(23-18)22-17-8-4-7-16(11-17)15(3)25/h4,7-8,10-11,13H,5-6,9,12H2,1-3H3,(H,21,22,23). The molecule has 0 aliphatic carbocycles. The summed E-state index contributed by atoms with van der Waals surface area (Å²) in [7, 11) is 0. The number of carbonyl (C=O) groups is 2. The molecule has 1 aromatic heterocycles. The predicted octanol–water partition coefficient (Wildman–Crippen LogP) is 3.60. The molecule has 1 amide bonds. The van der Waals surface area contributed by atoms with Crippen LogP contribution in [0.5, 0.6) is 0 Å². The number of aryl methyl sites for hydroxylation is 1. The number of aromatic nitrogens is 2. The van der Waals surface area contributed by atoms with Crippen molar-refractivity contribution in [2.75, 3.05) is 18.4 Å². The first-order valence-electron chi connectivity index (χ1n) is 8.95. The number of Topliss-reactive ketones (excluding diaryl/α,β-unsaturated/α-hetero) is 1. The summed E-state index contributed by atoms with van der Waals surface area (Å²) in [5.41, 5.74) is 2.45. The Kier molecular flexibility index (Phi) is 5.30. The second kappa shape index (κ2) is 7.64. The van der Waals surface area contributed by atoms with Gasteiger partial charge < -0.3 is 10.2 Å². The lowest BCUT2D eigenvalue weighted by molar-refractivity contribution is 0.0676. The van der Waals surface area contributed by atoms with Gasteiger partial charge in [0.15, 0.2) is 5.78 Å². The van der Waals surface area contributed by atoms with Crippen molar-refractivity contribution in [3.8, 4) is 0 Å². The van der Waals surface area contributed by atoms with Crippen LogP contribution >= 0.6 is 0 Å². The quantitative estimate of drug-likeness (QED) is 0.851. The van der Waals surface area contributed by atoms with Gasteiger partial charge in [0, 0.05) is 30.0 Å². The number of amides is 1. The number of rotatable bonds is 4. The van der Waals surface area contributed by atoms with E-state index in [0.29, 0.717) is 28.8 Å². The molecule has 136 valence electrons. The first kappa shape index (κ1) is 18.0. The molecule has 0 radical (unpaired) electrons. The second-order valence-electron chi connectivity index (χ2n) is 6.98. The minimum absolute atomic E-state index is 0.00565. The van der Waals surface area contributed by atoms with Crippen LogP contribution in [0.25, 0.3) is 0 Å². The number of hydrogen-bond donors (Lipinski definition) is 1. The van der Waals surface area contributed by atoms with E-state index in [1.807, 2.05) is 17.9 Å². The van der Waals surface area contributed by atoms with Gasteiger partial charge in [-0.05, 0) is 50.8 Å². The Morgan fingerprint density at radius 2 is 2.04 bits per heavy atom. The first-order chi connectivity index (χ1) is 12.4. The van der Waals surface area contributed by atoms with Gasteiger partial charge in [0.2, 0.25) is 5.95 Å². The van der Waals surface area contributed by atoms with Gasteiger partial charge in [-0.3, -0.25) is 9.59 Å². The average Bonchev–Trinajstić information content (AvgIpc) is 2.60. The summed E-state index contributed by atoms with van der Waals surface area (Å²) in [5, 5.41) is 3.10. The average molecular weight is 352 g/mol. The number of piperidine rings is 1. The largest absolute Gasteiger partial charge is 0.337 e. The van der Waals surface area contributed by atoms with E-state index in [-0.39, 0.29) is 11.7 Å². The highest BCUT2D eigenvalue weighted by Gasteiger charge is 2.23. The molecule has 2 heterocycles. The Morgan fingerprint density at radius 3 is 2.77 bits per heavy atom. The van der Waals surface area contributed by atoms with Crippen molar-refractivity contribution in [2.24, 2.45) is 5.92 Å². The molecule has 0 bridgehead atoms. The van der Waals surface area contributed by atoms with E-state index in [2.05, 4.69) is 22.2 Å². The van der Waals surface area contributed by atoms with E-state index in [1.54, 1.807) is 24.3 Å². The molecule has 2 aromatic rings. The second-order valence-corrected chi connectivity index (χ2v) is 6.98. The van der Waals surface area contributed by atoms with Crippen molar-refractivity contribution in [1.29, 1.82) is 0 Å². The third-order valence-electron chi connectivity index (χ3n) is 4.54. The summed E-state index contributed by atoms with van der Waals surface area (Å²) in [4.78, 5) is 35.0. The molecule has 1 N–H and O–H groups in total. The lowest BCUT2D eigenvalue weighted by atomic mass is 10.00. The van der Waals surface area contributed by atoms with Crippen molar-refractivity contribution in [1.82, 2.24) is 14.9 Å². The zero-order valence-corrected chi connectivity index (χ0v) is 15.5. The normalized spacial score (nSPS) is 17.0. The third-order valence-corrected chi connectivity index (χ3v) is 4.54. The highest BCUT2D eigenvalue weighted by molar-refractivity contribution is 5.95. The summed E-state index contributed by atoms with van der Waals surface area (Å²) in [6, 6.07) is 8.87. The number of likely N-dealkylation sites (tertiary alicyclic amines) is 1. The molecule has 1 atom stereocenters. The molecule has 0 saturated carbocycles. The van der Waals surface area contributed by atoms with E-state index in [0.717, 1.165) is 31.6 Å². The lowest BCUT2D eigenvalue weighted by Crippen LogP contribution is -2.39. The van der Waals surface area contributed by atoms with Crippen molar-refractivity contribution in [3.63, 3.8) is 0 Å². The van der Waals surface area contributed by atoms with Crippen LogP contribution in [-0.4, -0.2) is 39.6 Å². The Hall–Kier alpha value is -2.76. The van der Waals surface area contributed by atoms with E-state index < -0.39 is 0 Å². The SMILES string of the molecule is CC(=O)c1cccc(Nc2nc(C)cc(C(=O)N3CCCC(C)C3)n2)c1. The lowest BCUT2D eigenvalue weighted by Gasteiger charge is -2.30. The number of nitrogens with one attached hydrogen (secondary N) is 1. The van der Waals surface area contributed by atoms with Crippen LogP contribution in [0.3, 0.4) is 0 Å². The number of carbonyl (C=O) groups excluding carboxylic acids is 2. The van der Waals surface area contributed by atoms with E-state index in [4.69, 9.17) is 0 Å². The molecule has 1 aliphatic rings. The minimum atomic E-state index is -0.0532. The predicted molar refractivity (Wildman–Crippen MR) is 101 cm³/mol. The summed E-state index contributed by atoms with van der Waals surface area (Å²) < 4.78 is 0. The summed E-state index contributed by atoms with van der Waals surface area (Å²) >= 11 is 0. The van der Waals surface area contributed by atoms with Crippen LogP contribution in [-0.2, 0) is 0 Å². The zero-order valence-electron chi connectivity index (χ0n) is 15.5. The highest BCUT2D eigenvalue weighted by atomic mass is 16.2. The molecule has 1 aromatic carbocycles. The maximum absolute atomic E-state index is 12.8. The Bertz CT molecular complexity index is 834. The maximum atomic E-state index is 12.8. The summed E-state index contributed by atoms with van der Waals surface area (Å²) in [6.45, 7) is 7.08. The molecule has 1 aliphatic heterocycles. The van der Waals surface area contributed by atoms with Gasteiger partial charge in [0.25, 0.3) is 5.91 Å². The van der Waals surface area contributed by atoms with Crippen LogP contribution in [0, 0.1) is 12.8 Å². The molecular formula is C20H24N4O2. The summed E-state index contributed by atoms with van der Waals surface area (Å²) in [6.07, 6.45) is 2.19. The topological polar surface area (TPSA) is 75.2 Å². The van der Waals surface area contributed by atoms with Crippen molar-refractivity contribution >= 4 is 23.3 Å². The van der Waals surface area contributed by atoms with Gasteiger partial charge in [-0.15, -0.1) is 0 Å². The van der Waals surface area contributed by atoms with E-state index >= 15 is 0 Å². The van der Waals surface area contributed by atoms with Gasteiger partial charge >= 0.3 is 0 Å². The van der Waals surface area contributed by atoms with Gasteiger partial charge in [-0.1, -0.05) is 19.1 Å². The van der Waals surface area contributed by atoms with Crippen molar-refractivity contribution in [2.45, 2.75) is 33.6 Å². The van der Waals surface area contributed by atoms with Crippen LogP contribution in [0.1, 0.15) is 53.2 Å². The highest BCUT2D eigenvalue weighted by Crippen LogP contribution is 2.20. The van der Waals surface area contributed by atoms with Crippen LogP contribution in [0.4, 0.5) is 11.6 Å². The van der Waals surface area contributed by atoms with E-state index in [1.165, 1.54) is 6.92 Å². The number of hydrogen-bond acceptors (Lipinski definition) is 5. The molecule has 1 unspecified atom stereocenters. The van der Waals surface area contributed by atoms with Crippen molar-refractivity contribution in [3.05, 3.63) is 47.3 Å². The van der Waals surface area contributed by atoms with Gasteiger partial charge in [-0.25, -0.2) is 9.97 Å². The van der Waals surface area contributed by atoms with Crippen LogP contribution in [0.15, 0.2) is 30.3 Å². The Balaban J connectivity index is 1.82. The molecule has 26 heavy (non-hydrogen) atoms. The Labute approximate surface area is 153 Å². The molecule has 6 nitrogen and oxygen atoms in total. The van der Waals surface area contributed by atoms with E-state index in [9.17, 15) is 9.59 Å². The first-order valence-corrected chi connectivity index (χ1v) is 8.95. The third kappa shape index (κ3) is 4.25. The monoisotopic (exact) mass is 352 g/mol. The maximum Gasteiger partial charge on any atom is 0.272 e. The molecule has 1 fully saturated rings. The van der Waals surface area contributed by atoms with Gasteiger partial charge in [0.05, 0.1) is 0 Å². The number of nitrogens with zero attached hydrogens (tertiary/aromatic N) is 3. The van der Waals surface area contributed by atoms with Gasteiger partial charge in [-0.2, -0.15) is 0 Å². The molecule has 1 saturated heterocycles. The minimum Gasteiger partial charge on any atom is -0.337 e. The fourth-order valence-electron chi connectivity index (χ4n) is 3.21. The van der Waals surface area contributed by atoms with Gasteiger partial charge in [0.1, 0.15) is 5.69 Å². The summed E-state index contributed by atoms with van der Waals surface area (Å²) in [5.74, 6) is 0.818. The number of ketones is 1. The zero-order chi connectivity index (χ0) is 18.7. The molecular weight excluding hydrogens is 328 g/mol. The Morgan fingerprint density at radius 1 is 1.23 bits per heavy atom. The fraction of sp³-hybridized carbons (Fsp3) is 0.400. The number of anilines is 2. The van der Waals surface area contributed by atoms with Crippen LogP contribution < -0.4 is 5.32 Å².